The van der Waals surface area contributed by atoms with E-state index in [-0.39, 0.29) is 13.4 Å². The Labute approximate surface area is 173 Å². The summed E-state index contributed by atoms with van der Waals surface area (Å²) in [5, 5.41) is 9.20. The van der Waals surface area contributed by atoms with Gasteiger partial charge in [-0.1, -0.05) is 42.5 Å². The van der Waals surface area contributed by atoms with Crippen molar-refractivity contribution in [1.82, 2.24) is 4.90 Å². The molecule has 0 heterocycles. The molecule has 0 atom stereocenters. The smallest absolute Gasteiger partial charge is 0.410 e. The zero-order valence-corrected chi connectivity index (χ0v) is 17.7. The van der Waals surface area contributed by atoms with Gasteiger partial charge in [-0.15, -0.1) is 0 Å². The maximum absolute atomic E-state index is 12.9. The Balaban J connectivity index is 2.26. The molecule has 1 amide bonds. The number of nitrogens with zero attached hydrogens (tertiary/aromatic N) is 1. The summed E-state index contributed by atoms with van der Waals surface area (Å²) in [6, 6.07) is 15.4. The molecule has 1 N–H and O–H groups in total. The molecule has 6 heteroatoms. The standard InChI is InChI=1S/C23H31NO5/c1-23(2,3)29-22(26)24(15-19-9-7-8-18(14-19)12-13-25)16-20-10-5-6-11-21(20)28-17-27-4/h5-11,14,25H,12-13,15-17H2,1-4H3. The molecule has 0 radical (unpaired) electrons. The van der Waals surface area contributed by atoms with Gasteiger partial charge in [-0.2, -0.15) is 0 Å². The van der Waals surface area contributed by atoms with Crippen LogP contribution in [-0.2, 0) is 29.0 Å². The molecule has 0 fully saturated rings. The Morgan fingerprint density at radius 1 is 1.03 bits per heavy atom. The number of aliphatic hydroxyl groups excluding tert-OH is 1. The summed E-state index contributed by atoms with van der Waals surface area (Å²) in [4.78, 5) is 14.6. The minimum atomic E-state index is -0.597. The van der Waals surface area contributed by atoms with Crippen LogP contribution in [0.15, 0.2) is 48.5 Å². The van der Waals surface area contributed by atoms with Crippen molar-refractivity contribution >= 4 is 6.09 Å². The average molecular weight is 402 g/mol. The molecular weight excluding hydrogens is 370 g/mol. The third-order valence-corrected chi connectivity index (χ3v) is 4.08. The highest BCUT2D eigenvalue weighted by Crippen LogP contribution is 2.23. The molecule has 2 rings (SSSR count). The molecule has 2 aromatic carbocycles. The maximum Gasteiger partial charge on any atom is 0.410 e. The average Bonchev–Trinajstić information content (AvgIpc) is 2.66. The van der Waals surface area contributed by atoms with Crippen molar-refractivity contribution in [3.63, 3.8) is 0 Å². The van der Waals surface area contributed by atoms with E-state index in [0.29, 0.717) is 25.3 Å². The molecule has 29 heavy (non-hydrogen) atoms. The fourth-order valence-corrected chi connectivity index (χ4v) is 2.85. The van der Waals surface area contributed by atoms with Crippen molar-refractivity contribution < 1.29 is 24.1 Å². The summed E-state index contributed by atoms with van der Waals surface area (Å²) in [5.74, 6) is 0.664. The van der Waals surface area contributed by atoms with E-state index in [0.717, 1.165) is 16.7 Å². The number of benzene rings is 2. The van der Waals surface area contributed by atoms with Crippen LogP contribution in [0.4, 0.5) is 4.79 Å². The molecule has 0 saturated heterocycles. The van der Waals surface area contributed by atoms with E-state index < -0.39 is 11.7 Å². The highest BCUT2D eigenvalue weighted by atomic mass is 16.7. The number of hydrogen-bond donors (Lipinski definition) is 1. The first-order chi connectivity index (χ1) is 13.8. The second kappa shape index (κ2) is 10.8. The molecule has 0 aliphatic carbocycles. The Kier molecular flexibility index (Phi) is 8.49. The Bertz CT molecular complexity index is 785. The van der Waals surface area contributed by atoms with E-state index in [1.807, 2.05) is 69.3 Å². The molecule has 0 bridgehead atoms. The predicted molar refractivity (Wildman–Crippen MR) is 112 cm³/mol. The van der Waals surface area contributed by atoms with Crippen LogP contribution in [0.2, 0.25) is 0 Å². The SMILES string of the molecule is COCOc1ccccc1CN(Cc1cccc(CCO)c1)C(=O)OC(C)(C)C. The van der Waals surface area contributed by atoms with Gasteiger partial charge in [0.25, 0.3) is 0 Å². The van der Waals surface area contributed by atoms with E-state index in [2.05, 4.69) is 0 Å². The van der Waals surface area contributed by atoms with Gasteiger partial charge in [0.1, 0.15) is 11.4 Å². The molecule has 158 valence electrons. The summed E-state index contributed by atoms with van der Waals surface area (Å²) < 4.78 is 16.3. The Morgan fingerprint density at radius 2 is 1.76 bits per heavy atom. The van der Waals surface area contributed by atoms with Crippen LogP contribution in [-0.4, -0.2) is 42.2 Å². The molecule has 0 unspecified atom stereocenters. The lowest BCUT2D eigenvalue weighted by Crippen LogP contribution is -2.36. The van der Waals surface area contributed by atoms with Gasteiger partial charge in [0.15, 0.2) is 6.79 Å². The molecule has 6 nitrogen and oxygen atoms in total. The first-order valence-corrected chi connectivity index (χ1v) is 9.68. The number of ether oxygens (including phenoxy) is 3. The minimum Gasteiger partial charge on any atom is -0.467 e. The zero-order chi connectivity index (χ0) is 21.3. The van der Waals surface area contributed by atoms with Crippen LogP contribution in [0.5, 0.6) is 5.75 Å². The molecule has 2 aromatic rings. The fraction of sp³-hybridized carbons (Fsp3) is 0.435. The van der Waals surface area contributed by atoms with Crippen LogP contribution in [0, 0.1) is 0 Å². The van der Waals surface area contributed by atoms with Gasteiger partial charge in [-0.3, -0.25) is 4.90 Å². The van der Waals surface area contributed by atoms with Crippen molar-refractivity contribution in [2.75, 3.05) is 20.5 Å². The van der Waals surface area contributed by atoms with Gasteiger partial charge in [0.05, 0.1) is 6.54 Å². The summed E-state index contributed by atoms with van der Waals surface area (Å²) in [6.45, 7) is 6.48. The number of rotatable bonds is 9. The van der Waals surface area contributed by atoms with Gasteiger partial charge in [-0.05, 0) is 44.4 Å². The zero-order valence-electron chi connectivity index (χ0n) is 17.7. The molecular formula is C23H31NO5. The van der Waals surface area contributed by atoms with Crippen molar-refractivity contribution in [3.05, 3.63) is 65.2 Å². The second-order valence-corrected chi connectivity index (χ2v) is 7.79. The number of methoxy groups -OCH3 is 1. The fourth-order valence-electron chi connectivity index (χ4n) is 2.85. The minimum absolute atomic E-state index is 0.0868. The summed E-state index contributed by atoms with van der Waals surface area (Å²) in [5.41, 5.74) is 2.26. The van der Waals surface area contributed by atoms with Crippen molar-refractivity contribution in [3.8, 4) is 5.75 Å². The van der Waals surface area contributed by atoms with Crippen LogP contribution < -0.4 is 4.74 Å². The van der Waals surface area contributed by atoms with Gasteiger partial charge < -0.3 is 19.3 Å². The normalized spacial score (nSPS) is 11.2. The quantitative estimate of drug-likeness (QED) is 0.640. The van der Waals surface area contributed by atoms with Crippen LogP contribution in [0.1, 0.15) is 37.5 Å². The van der Waals surface area contributed by atoms with Crippen LogP contribution in [0.25, 0.3) is 0 Å². The molecule has 0 spiro atoms. The first kappa shape index (κ1) is 22.7. The molecule has 0 aliphatic rings. The third kappa shape index (κ3) is 7.75. The highest BCUT2D eigenvalue weighted by molar-refractivity contribution is 5.68. The van der Waals surface area contributed by atoms with Crippen molar-refractivity contribution in [2.45, 2.75) is 45.9 Å². The number of aliphatic hydroxyl groups is 1. The maximum atomic E-state index is 12.9. The number of carbonyl (C=O) groups is 1. The lowest BCUT2D eigenvalue weighted by Gasteiger charge is -2.28. The van der Waals surface area contributed by atoms with Gasteiger partial charge in [0.2, 0.25) is 0 Å². The molecule has 0 aromatic heterocycles. The van der Waals surface area contributed by atoms with Crippen molar-refractivity contribution in [1.29, 1.82) is 0 Å². The number of amides is 1. The number of para-hydroxylation sites is 1. The predicted octanol–water partition coefficient (Wildman–Crippen LogP) is 4.14. The number of carbonyl (C=O) groups excluding carboxylic acids is 1. The van der Waals surface area contributed by atoms with Crippen LogP contribution in [0.3, 0.4) is 0 Å². The second-order valence-electron chi connectivity index (χ2n) is 7.79. The summed E-state index contributed by atoms with van der Waals surface area (Å²) in [7, 11) is 1.56. The van der Waals surface area contributed by atoms with E-state index in [1.54, 1.807) is 12.0 Å². The topological polar surface area (TPSA) is 68.2 Å². The van der Waals surface area contributed by atoms with Crippen LogP contribution >= 0.6 is 0 Å². The van der Waals surface area contributed by atoms with E-state index in [1.165, 1.54) is 0 Å². The lowest BCUT2D eigenvalue weighted by molar-refractivity contribution is 0.0209. The number of hydrogen-bond acceptors (Lipinski definition) is 5. The van der Waals surface area contributed by atoms with E-state index in [4.69, 9.17) is 14.2 Å². The molecule has 0 saturated carbocycles. The Hall–Kier alpha value is -2.57. The summed E-state index contributed by atoms with van der Waals surface area (Å²) >= 11 is 0. The van der Waals surface area contributed by atoms with E-state index in [9.17, 15) is 9.90 Å². The monoisotopic (exact) mass is 401 g/mol. The molecule has 0 aliphatic heterocycles. The summed E-state index contributed by atoms with van der Waals surface area (Å²) in [6.07, 6.45) is 0.181. The van der Waals surface area contributed by atoms with Gasteiger partial charge in [0, 0.05) is 25.8 Å². The largest absolute Gasteiger partial charge is 0.467 e. The highest BCUT2D eigenvalue weighted by Gasteiger charge is 2.23. The van der Waals surface area contributed by atoms with Gasteiger partial charge >= 0.3 is 6.09 Å². The van der Waals surface area contributed by atoms with Crippen molar-refractivity contribution in [2.24, 2.45) is 0 Å². The van der Waals surface area contributed by atoms with E-state index >= 15 is 0 Å². The lowest BCUT2D eigenvalue weighted by atomic mass is 10.1. The van der Waals surface area contributed by atoms with Gasteiger partial charge in [-0.25, -0.2) is 4.79 Å². The first-order valence-electron chi connectivity index (χ1n) is 9.68. The Morgan fingerprint density at radius 3 is 2.45 bits per heavy atom. The third-order valence-electron chi connectivity index (χ3n) is 4.08.